The van der Waals surface area contributed by atoms with Crippen LogP contribution in [0.15, 0.2) is 54.7 Å². The molecular formula is C30H36N4O2. The number of benzene rings is 2. The number of amides is 1. The Hall–Kier alpha value is -3.25. The highest BCUT2D eigenvalue weighted by Gasteiger charge is 2.29. The first-order valence-electron chi connectivity index (χ1n) is 13.6. The van der Waals surface area contributed by atoms with Crippen LogP contribution in [0.4, 0.5) is 0 Å². The van der Waals surface area contributed by atoms with Gasteiger partial charge in [-0.25, -0.2) is 0 Å². The van der Waals surface area contributed by atoms with Crippen molar-refractivity contribution in [1.29, 1.82) is 0 Å². The summed E-state index contributed by atoms with van der Waals surface area (Å²) in [6.45, 7) is 4.12. The molecule has 2 fully saturated rings. The van der Waals surface area contributed by atoms with Gasteiger partial charge in [-0.05, 0) is 80.9 Å². The van der Waals surface area contributed by atoms with Crippen molar-refractivity contribution in [3.05, 3.63) is 66.0 Å². The van der Waals surface area contributed by atoms with Crippen LogP contribution >= 0.6 is 0 Å². The van der Waals surface area contributed by atoms with E-state index in [1.165, 1.54) is 42.1 Å². The first kappa shape index (κ1) is 23.2. The summed E-state index contributed by atoms with van der Waals surface area (Å²) in [5.74, 6) is 0.926. The molecule has 188 valence electrons. The number of carbonyl (C=O) groups excluding carboxylic acids is 1. The minimum absolute atomic E-state index is 0.0932. The predicted octanol–water partition coefficient (Wildman–Crippen LogP) is 6.01. The quantitative estimate of drug-likeness (QED) is 0.325. The monoisotopic (exact) mass is 484 g/mol. The number of aromatic hydroxyl groups is 1. The lowest BCUT2D eigenvalue weighted by Crippen LogP contribution is -2.43. The van der Waals surface area contributed by atoms with Crippen LogP contribution in [0.3, 0.4) is 0 Å². The second kappa shape index (κ2) is 10.0. The number of piperidine rings is 1. The topological polar surface area (TPSA) is 75.4 Å². The number of H-pyrrole nitrogens is 2. The molecule has 4 heterocycles. The summed E-state index contributed by atoms with van der Waals surface area (Å²) in [6.07, 6.45) is 10.2. The van der Waals surface area contributed by atoms with E-state index in [1.807, 2.05) is 12.1 Å². The fourth-order valence-corrected chi connectivity index (χ4v) is 6.36. The van der Waals surface area contributed by atoms with Gasteiger partial charge in [-0.3, -0.25) is 4.79 Å². The van der Waals surface area contributed by atoms with Gasteiger partial charge in [0.25, 0.3) is 5.91 Å². The van der Waals surface area contributed by atoms with Crippen molar-refractivity contribution in [2.24, 2.45) is 0 Å². The number of hydrogen-bond donors (Lipinski definition) is 3. The maximum absolute atomic E-state index is 13.6. The molecule has 36 heavy (non-hydrogen) atoms. The van der Waals surface area contributed by atoms with Gasteiger partial charge in [-0.1, -0.05) is 31.0 Å². The van der Waals surface area contributed by atoms with Gasteiger partial charge in [-0.2, -0.15) is 0 Å². The average molecular weight is 485 g/mol. The van der Waals surface area contributed by atoms with E-state index in [2.05, 4.69) is 50.2 Å². The van der Waals surface area contributed by atoms with E-state index in [9.17, 15) is 9.90 Å². The average Bonchev–Trinajstić information content (AvgIpc) is 3.45. The predicted molar refractivity (Wildman–Crippen MR) is 145 cm³/mol. The van der Waals surface area contributed by atoms with Crippen molar-refractivity contribution in [1.82, 2.24) is 19.8 Å². The Morgan fingerprint density at radius 2 is 1.81 bits per heavy atom. The number of hydrogen-bond acceptors (Lipinski definition) is 3. The van der Waals surface area contributed by atoms with E-state index >= 15 is 0 Å². The Balaban J connectivity index is 1.09. The Morgan fingerprint density at radius 3 is 2.69 bits per heavy atom. The molecule has 1 unspecified atom stereocenters. The highest BCUT2D eigenvalue weighted by molar-refractivity contribution is 5.98. The number of nitrogens with zero attached hydrogens (tertiary/aromatic N) is 2. The lowest BCUT2D eigenvalue weighted by Gasteiger charge is -2.35. The van der Waals surface area contributed by atoms with Crippen LogP contribution in [0.2, 0.25) is 0 Å². The molecule has 2 aliphatic rings. The molecule has 2 aromatic carbocycles. The number of aromatic amines is 2. The summed E-state index contributed by atoms with van der Waals surface area (Å²) in [4.78, 5) is 25.0. The highest BCUT2D eigenvalue weighted by atomic mass is 16.3. The number of likely N-dealkylation sites (tertiary alicyclic amines) is 2. The number of phenolic OH excluding ortho intramolecular Hbond substituents is 1. The molecule has 2 aromatic heterocycles. The van der Waals surface area contributed by atoms with Crippen molar-refractivity contribution < 1.29 is 9.90 Å². The van der Waals surface area contributed by atoms with Gasteiger partial charge in [-0.15, -0.1) is 0 Å². The summed E-state index contributed by atoms with van der Waals surface area (Å²) >= 11 is 0. The van der Waals surface area contributed by atoms with E-state index in [0.717, 1.165) is 56.3 Å². The van der Waals surface area contributed by atoms with Crippen molar-refractivity contribution in [3.8, 4) is 5.75 Å². The SMILES string of the molecule is O=C(c1cc2ccc(O)cc2[nH]1)N1CCCCCC1CCN1CCC(c2c[nH]c3ccccc23)CC1. The molecule has 0 bridgehead atoms. The van der Waals surface area contributed by atoms with Gasteiger partial charge in [0.15, 0.2) is 0 Å². The van der Waals surface area contributed by atoms with Crippen LogP contribution in [0.5, 0.6) is 5.75 Å². The molecule has 6 rings (SSSR count). The van der Waals surface area contributed by atoms with E-state index in [1.54, 1.807) is 12.1 Å². The Kier molecular flexibility index (Phi) is 6.45. The lowest BCUT2D eigenvalue weighted by atomic mass is 9.89. The molecule has 0 spiro atoms. The third-order valence-corrected chi connectivity index (χ3v) is 8.40. The minimum Gasteiger partial charge on any atom is -0.508 e. The number of aromatic nitrogens is 2. The maximum Gasteiger partial charge on any atom is 0.270 e. The van der Waals surface area contributed by atoms with Gasteiger partial charge in [0.1, 0.15) is 11.4 Å². The second-order valence-corrected chi connectivity index (χ2v) is 10.7. The third kappa shape index (κ3) is 4.62. The van der Waals surface area contributed by atoms with Crippen molar-refractivity contribution >= 4 is 27.7 Å². The van der Waals surface area contributed by atoms with Crippen LogP contribution < -0.4 is 0 Å². The molecule has 3 N–H and O–H groups in total. The van der Waals surface area contributed by atoms with Gasteiger partial charge in [0, 0.05) is 53.2 Å². The molecule has 2 aliphatic heterocycles. The van der Waals surface area contributed by atoms with E-state index in [0.29, 0.717) is 11.6 Å². The first-order chi connectivity index (χ1) is 17.7. The fraction of sp³-hybridized carbons (Fsp3) is 0.433. The smallest absolute Gasteiger partial charge is 0.270 e. The zero-order chi connectivity index (χ0) is 24.5. The van der Waals surface area contributed by atoms with Crippen molar-refractivity contribution in [2.75, 3.05) is 26.2 Å². The standard InChI is InChI=1S/C30H36N4O2/c35-24-10-9-22-18-29(32-28(22)19-24)30(36)34-14-5-1-2-6-23(34)13-17-33-15-11-21(12-16-33)26-20-31-27-8-4-3-7-25(26)27/h3-4,7-10,18-21,23,31-32,35H,1-2,5-6,11-17H2. The van der Waals surface area contributed by atoms with Crippen LogP contribution in [0, 0.1) is 0 Å². The van der Waals surface area contributed by atoms with Crippen molar-refractivity contribution in [2.45, 2.75) is 56.9 Å². The van der Waals surface area contributed by atoms with E-state index in [-0.39, 0.29) is 17.7 Å². The van der Waals surface area contributed by atoms with Crippen LogP contribution in [0.25, 0.3) is 21.8 Å². The van der Waals surface area contributed by atoms with Crippen LogP contribution in [-0.2, 0) is 0 Å². The van der Waals surface area contributed by atoms with Gasteiger partial charge in [0.05, 0.1) is 0 Å². The number of para-hydroxylation sites is 1. The molecule has 6 nitrogen and oxygen atoms in total. The number of phenols is 1. The van der Waals surface area contributed by atoms with Crippen LogP contribution in [0.1, 0.15) is 66.9 Å². The lowest BCUT2D eigenvalue weighted by molar-refractivity contribution is 0.0650. The molecule has 4 aromatic rings. The summed E-state index contributed by atoms with van der Waals surface area (Å²) in [6, 6.07) is 16.0. The third-order valence-electron chi connectivity index (χ3n) is 8.40. The van der Waals surface area contributed by atoms with Crippen LogP contribution in [-0.4, -0.2) is 63.0 Å². The largest absolute Gasteiger partial charge is 0.508 e. The van der Waals surface area contributed by atoms with Gasteiger partial charge < -0.3 is 24.9 Å². The summed E-state index contributed by atoms with van der Waals surface area (Å²) in [5.41, 5.74) is 4.14. The highest BCUT2D eigenvalue weighted by Crippen LogP contribution is 2.33. The molecule has 6 heteroatoms. The number of nitrogens with one attached hydrogen (secondary N) is 2. The maximum atomic E-state index is 13.6. The Morgan fingerprint density at radius 1 is 0.944 bits per heavy atom. The number of fused-ring (bicyclic) bond motifs is 2. The molecule has 1 atom stereocenters. The van der Waals surface area contributed by atoms with Gasteiger partial charge >= 0.3 is 0 Å². The molecule has 2 saturated heterocycles. The fourth-order valence-electron chi connectivity index (χ4n) is 6.36. The Bertz CT molecular complexity index is 1350. The Labute approximate surface area is 212 Å². The molecule has 1 amide bonds. The number of rotatable bonds is 5. The minimum atomic E-state index is 0.0932. The number of carbonyl (C=O) groups is 1. The zero-order valence-corrected chi connectivity index (χ0v) is 20.9. The zero-order valence-electron chi connectivity index (χ0n) is 20.9. The summed E-state index contributed by atoms with van der Waals surface area (Å²) in [5, 5.41) is 12.1. The van der Waals surface area contributed by atoms with Crippen molar-refractivity contribution in [3.63, 3.8) is 0 Å². The summed E-state index contributed by atoms with van der Waals surface area (Å²) < 4.78 is 0. The molecule has 0 saturated carbocycles. The summed E-state index contributed by atoms with van der Waals surface area (Å²) in [7, 11) is 0. The molecule has 0 aliphatic carbocycles. The second-order valence-electron chi connectivity index (χ2n) is 10.7. The molecular weight excluding hydrogens is 448 g/mol. The van der Waals surface area contributed by atoms with Gasteiger partial charge in [0.2, 0.25) is 0 Å². The first-order valence-corrected chi connectivity index (χ1v) is 13.6. The molecule has 0 radical (unpaired) electrons. The van der Waals surface area contributed by atoms with E-state index in [4.69, 9.17) is 0 Å². The normalized spacial score (nSPS) is 20.2. The van der Waals surface area contributed by atoms with E-state index < -0.39 is 0 Å².